The Balaban J connectivity index is 1.83. The van der Waals surface area contributed by atoms with Gasteiger partial charge in [-0.2, -0.15) is 4.31 Å². The molecule has 0 radical (unpaired) electrons. The molecule has 1 saturated heterocycles. The molecule has 156 valence electrons. The van der Waals surface area contributed by atoms with Crippen LogP contribution < -0.4 is 0 Å². The molecule has 1 aromatic carbocycles. The topological polar surface area (TPSA) is 76.1 Å². The molecule has 0 spiro atoms. The number of aromatic nitrogens is 3. The van der Waals surface area contributed by atoms with Crippen LogP contribution in [0.2, 0.25) is 5.02 Å². The summed E-state index contributed by atoms with van der Waals surface area (Å²) in [6.45, 7) is 4.26. The molecule has 0 saturated carbocycles. The van der Waals surface area contributed by atoms with Gasteiger partial charge in [0, 0.05) is 35.7 Å². The third-order valence-electron chi connectivity index (χ3n) is 5.44. The zero-order valence-corrected chi connectivity index (χ0v) is 18.5. The largest absolute Gasteiger partial charge is 0.264 e. The molecule has 30 heavy (non-hydrogen) atoms. The van der Waals surface area contributed by atoms with Crippen LogP contribution in [0.25, 0.3) is 11.1 Å². The molecule has 3 heterocycles. The lowest BCUT2D eigenvalue weighted by molar-refractivity contribution is 0.251. The Morgan fingerprint density at radius 1 is 1.03 bits per heavy atom. The quantitative estimate of drug-likeness (QED) is 0.584. The van der Waals surface area contributed by atoms with Crippen LogP contribution in [0.15, 0.2) is 53.8 Å². The zero-order chi connectivity index (χ0) is 21.3. The van der Waals surface area contributed by atoms with Crippen molar-refractivity contribution in [3.8, 4) is 11.1 Å². The van der Waals surface area contributed by atoms with Crippen LogP contribution in [0.1, 0.15) is 42.4 Å². The van der Waals surface area contributed by atoms with Gasteiger partial charge in [-0.1, -0.05) is 18.0 Å². The molecular formula is C22H23ClN4O2S. The number of sulfonamides is 1. The SMILES string of the molecule is Cc1ncc(-c2ccncc2C)c(C2CCCCN2S(=O)(=O)c2ccc(Cl)cc2)n1. The van der Waals surface area contributed by atoms with E-state index in [4.69, 9.17) is 16.6 Å². The third kappa shape index (κ3) is 3.97. The lowest BCUT2D eigenvalue weighted by Crippen LogP contribution is -2.39. The molecule has 0 bridgehead atoms. The molecule has 1 unspecified atom stereocenters. The summed E-state index contributed by atoms with van der Waals surface area (Å²) >= 11 is 5.96. The third-order valence-corrected chi connectivity index (χ3v) is 7.61. The molecule has 0 aliphatic carbocycles. The average Bonchev–Trinajstić information content (AvgIpc) is 2.75. The predicted molar refractivity (Wildman–Crippen MR) is 117 cm³/mol. The van der Waals surface area contributed by atoms with Gasteiger partial charge >= 0.3 is 0 Å². The lowest BCUT2D eigenvalue weighted by atomic mass is 9.94. The van der Waals surface area contributed by atoms with Crippen molar-refractivity contribution in [1.82, 2.24) is 19.3 Å². The van der Waals surface area contributed by atoms with Crippen LogP contribution in [0, 0.1) is 13.8 Å². The van der Waals surface area contributed by atoms with E-state index in [1.54, 1.807) is 47.2 Å². The molecule has 6 nitrogen and oxygen atoms in total. The number of aryl methyl sites for hydroxylation is 2. The molecule has 1 aliphatic heterocycles. The maximum Gasteiger partial charge on any atom is 0.243 e. The monoisotopic (exact) mass is 442 g/mol. The summed E-state index contributed by atoms with van der Waals surface area (Å²) in [5.41, 5.74) is 3.56. The smallest absolute Gasteiger partial charge is 0.243 e. The molecule has 0 N–H and O–H groups in total. The molecule has 2 aromatic heterocycles. The first-order chi connectivity index (χ1) is 14.4. The van der Waals surface area contributed by atoms with E-state index in [1.165, 1.54) is 0 Å². The molecule has 1 fully saturated rings. The Kier molecular flexibility index (Phi) is 5.86. The number of pyridine rings is 1. The second kappa shape index (κ2) is 8.41. The summed E-state index contributed by atoms with van der Waals surface area (Å²) < 4.78 is 28.6. The van der Waals surface area contributed by atoms with Gasteiger partial charge in [0.1, 0.15) is 5.82 Å². The second-order valence-corrected chi connectivity index (χ2v) is 9.81. The number of hydrogen-bond acceptors (Lipinski definition) is 5. The van der Waals surface area contributed by atoms with Crippen molar-refractivity contribution in [2.75, 3.05) is 6.54 Å². The van der Waals surface area contributed by atoms with E-state index in [0.717, 1.165) is 35.2 Å². The number of rotatable bonds is 4. The number of hydrogen-bond donors (Lipinski definition) is 0. The molecule has 4 rings (SSSR count). The van der Waals surface area contributed by atoms with Crippen molar-refractivity contribution in [2.45, 2.75) is 44.0 Å². The van der Waals surface area contributed by atoms with Gasteiger partial charge in [0.2, 0.25) is 10.0 Å². The molecule has 8 heteroatoms. The molecule has 1 aliphatic rings. The van der Waals surface area contributed by atoms with Crippen molar-refractivity contribution in [3.63, 3.8) is 0 Å². The highest BCUT2D eigenvalue weighted by atomic mass is 35.5. The Morgan fingerprint density at radius 2 is 1.80 bits per heavy atom. The summed E-state index contributed by atoms with van der Waals surface area (Å²) in [5, 5.41) is 0.506. The van der Waals surface area contributed by atoms with Crippen molar-refractivity contribution in [3.05, 3.63) is 71.0 Å². The number of piperidine rings is 1. The summed E-state index contributed by atoms with van der Waals surface area (Å²) in [5.74, 6) is 0.620. The summed E-state index contributed by atoms with van der Waals surface area (Å²) in [6, 6.07) is 7.89. The van der Waals surface area contributed by atoms with Crippen molar-refractivity contribution >= 4 is 21.6 Å². The van der Waals surface area contributed by atoms with Crippen molar-refractivity contribution < 1.29 is 8.42 Å². The molecule has 1 atom stereocenters. The van der Waals surface area contributed by atoms with Crippen LogP contribution in [0.5, 0.6) is 0 Å². The summed E-state index contributed by atoms with van der Waals surface area (Å²) in [7, 11) is -3.70. The maximum atomic E-state index is 13.5. The summed E-state index contributed by atoms with van der Waals surface area (Å²) in [4.78, 5) is 13.5. The van der Waals surface area contributed by atoms with Gasteiger partial charge in [-0.05, 0) is 68.1 Å². The van der Waals surface area contributed by atoms with E-state index in [0.29, 0.717) is 23.8 Å². The Morgan fingerprint density at radius 3 is 2.53 bits per heavy atom. The molecular weight excluding hydrogens is 420 g/mol. The molecule has 0 amide bonds. The van der Waals surface area contributed by atoms with Crippen molar-refractivity contribution in [2.24, 2.45) is 0 Å². The highest BCUT2D eigenvalue weighted by molar-refractivity contribution is 7.89. The van der Waals surface area contributed by atoms with E-state index in [9.17, 15) is 8.42 Å². The van der Waals surface area contributed by atoms with E-state index in [2.05, 4.69) is 9.97 Å². The zero-order valence-electron chi connectivity index (χ0n) is 16.9. The van der Waals surface area contributed by atoms with E-state index < -0.39 is 10.0 Å². The first-order valence-corrected chi connectivity index (χ1v) is 11.7. The van der Waals surface area contributed by atoms with Gasteiger partial charge in [0.25, 0.3) is 0 Å². The fourth-order valence-electron chi connectivity index (χ4n) is 3.93. The van der Waals surface area contributed by atoms with Gasteiger partial charge in [0.05, 0.1) is 16.6 Å². The first kappa shape index (κ1) is 20.9. The standard InChI is InChI=1S/C22H23ClN4O2S/c1-15-13-24-11-10-19(15)20-14-25-16(2)26-22(20)21-5-3-4-12-27(21)30(28,29)18-8-6-17(23)7-9-18/h6-11,13-14,21H,3-5,12H2,1-2H3. The molecule has 3 aromatic rings. The van der Waals surface area contributed by atoms with Crippen LogP contribution in [0.4, 0.5) is 0 Å². The normalized spacial score (nSPS) is 17.8. The Hall–Kier alpha value is -2.35. The fourth-order valence-corrected chi connectivity index (χ4v) is 5.72. The summed E-state index contributed by atoms with van der Waals surface area (Å²) in [6.07, 6.45) is 7.78. The van der Waals surface area contributed by atoms with E-state index in [1.807, 2.05) is 19.9 Å². The number of nitrogens with zero attached hydrogens (tertiary/aromatic N) is 4. The van der Waals surface area contributed by atoms with E-state index in [-0.39, 0.29) is 10.9 Å². The lowest BCUT2D eigenvalue weighted by Gasteiger charge is -2.35. The van der Waals surface area contributed by atoms with Crippen LogP contribution >= 0.6 is 11.6 Å². The number of halogens is 1. The van der Waals surface area contributed by atoms with Gasteiger partial charge in [-0.25, -0.2) is 18.4 Å². The van der Waals surface area contributed by atoms with Gasteiger partial charge in [-0.15, -0.1) is 0 Å². The fraction of sp³-hybridized carbons (Fsp3) is 0.318. The first-order valence-electron chi connectivity index (χ1n) is 9.90. The minimum Gasteiger partial charge on any atom is -0.264 e. The van der Waals surface area contributed by atoms with Crippen LogP contribution in [0.3, 0.4) is 0 Å². The van der Waals surface area contributed by atoms with E-state index >= 15 is 0 Å². The minimum absolute atomic E-state index is 0.242. The predicted octanol–water partition coefficient (Wildman–Crippen LogP) is 4.72. The van der Waals surface area contributed by atoms with Gasteiger partial charge in [0.15, 0.2) is 0 Å². The second-order valence-electron chi connectivity index (χ2n) is 7.49. The highest BCUT2D eigenvalue weighted by Gasteiger charge is 2.36. The number of benzene rings is 1. The minimum atomic E-state index is -3.70. The average molecular weight is 443 g/mol. The van der Waals surface area contributed by atoms with Crippen LogP contribution in [-0.4, -0.2) is 34.2 Å². The van der Waals surface area contributed by atoms with Gasteiger partial charge in [-0.3, -0.25) is 4.98 Å². The highest BCUT2D eigenvalue weighted by Crippen LogP contribution is 2.39. The Labute approximate surface area is 182 Å². The maximum absolute atomic E-state index is 13.5. The van der Waals surface area contributed by atoms with Crippen molar-refractivity contribution in [1.29, 1.82) is 0 Å². The van der Waals surface area contributed by atoms with Crippen LogP contribution in [-0.2, 0) is 10.0 Å². The van der Waals surface area contributed by atoms with Gasteiger partial charge < -0.3 is 0 Å². The Bertz CT molecular complexity index is 1170.